The van der Waals surface area contributed by atoms with Crippen molar-refractivity contribution in [1.82, 2.24) is 0 Å². The van der Waals surface area contributed by atoms with Crippen LogP contribution in [0.1, 0.15) is 27.7 Å². The fourth-order valence-electron chi connectivity index (χ4n) is 4.07. The van der Waals surface area contributed by atoms with Crippen molar-refractivity contribution < 1.29 is 14.5 Å². The van der Waals surface area contributed by atoms with Gasteiger partial charge in [-0.3, -0.25) is 0 Å². The van der Waals surface area contributed by atoms with Gasteiger partial charge in [-0.25, -0.2) is 9.78 Å². The molecule has 1 aliphatic rings. The van der Waals surface area contributed by atoms with Crippen LogP contribution < -0.4 is 5.32 Å². The number of benzene rings is 4. The van der Waals surface area contributed by atoms with Crippen molar-refractivity contribution in [1.29, 1.82) is 0 Å². The van der Waals surface area contributed by atoms with Gasteiger partial charge in [0.25, 0.3) is 0 Å². The van der Waals surface area contributed by atoms with Crippen LogP contribution in [0.3, 0.4) is 0 Å². The smallest absolute Gasteiger partial charge is 0.196 e. The number of fused-ring (bicyclic) bond motifs is 5. The van der Waals surface area contributed by atoms with E-state index in [1.165, 1.54) is 32.3 Å². The molecule has 0 amide bonds. The van der Waals surface area contributed by atoms with Gasteiger partial charge in [0.2, 0.25) is 0 Å². The van der Waals surface area contributed by atoms with E-state index in [1.807, 2.05) is 13.8 Å². The molecule has 0 spiro atoms. The number of rotatable bonds is 3. The largest absolute Gasteiger partial charge is 0.358 e. The lowest BCUT2D eigenvalue weighted by Gasteiger charge is -2.42. The monoisotopic (exact) mass is 401 g/mol. The highest BCUT2D eigenvalue weighted by Gasteiger charge is 2.41. The zero-order valence-corrected chi connectivity index (χ0v) is 17.8. The maximum Gasteiger partial charge on any atom is 0.196 e. The number of hydrogen-bond acceptors (Lipinski definition) is 4. The molecule has 2 atom stereocenters. The molecule has 1 aliphatic heterocycles. The van der Waals surface area contributed by atoms with Gasteiger partial charge < -0.3 is 10.1 Å². The predicted octanol–water partition coefficient (Wildman–Crippen LogP) is 6.62. The van der Waals surface area contributed by atoms with E-state index in [9.17, 15) is 0 Å². The van der Waals surface area contributed by atoms with Crippen LogP contribution >= 0.6 is 0 Å². The van der Waals surface area contributed by atoms with Crippen molar-refractivity contribution >= 4 is 38.0 Å². The zero-order valence-electron chi connectivity index (χ0n) is 17.8. The Labute approximate surface area is 176 Å². The van der Waals surface area contributed by atoms with Crippen molar-refractivity contribution in [3.63, 3.8) is 0 Å². The molecule has 1 heterocycles. The van der Waals surface area contributed by atoms with Crippen molar-refractivity contribution in [3.05, 3.63) is 66.7 Å². The van der Waals surface area contributed by atoms with Gasteiger partial charge in [-0.05, 0) is 58.3 Å². The minimum absolute atomic E-state index is 0.194. The van der Waals surface area contributed by atoms with Crippen LogP contribution in [0.5, 0.6) is 0 Å². The Kier molecular flexibility index (Phi) is 4.66. The van der Waals surface area contributed by atoms with Gasteiger partial charge in [-0.15, -0.1) is 0 Å². The Balaban J connectivity index is 1.57. The second-order valence-corrected chi connectivity index (χ2v) is 8.94. The second-order valence-electron chi connectivity index (χ2n) is 8.94. The summed E-state index contributed by atoms with van der Waals surface area (Å²) in [7, 11) is 0. The van der Waals surface area contributed by atoms with Gasteiger partial charge in [0.1, 0.15) is 5.60 Å². The lowest BCUT2D eigenvalue weighted by Crippen LogP contribution is -2.54. The highest BCUT2D eigenvalue weighted by atomic mass is 17.2. The Morgan fingerprint density at radius 3 is 2.23 bits per heavy atom. The van der Waals surface area contributed by atoms with E-state index >= 15 is 0 Å². The van der Waals surface area contributed by atoms with Crippen LogP contribution in [0.15, 0.2) is 66.7 Å². The first-order chi connectivity index (χ1) is 14.4. The summed E-state index contributed by atoms with van der Waals surface area (Å²) in [5, 5.41) is 11.0. The van der Waals surface area contributed by atoms with E-state index in [2.05, 4.69) is 85.9 Å². The molecular formula is C26H27NO3. The van der Waals surface area contributed by atoms with Crippen LogP contribution in [-0.2, 0) is 14.5 Å². The third-order valence-electron chi connectivity index (χ3n) is 5.85. The molecule has 0 saturated carbocycles. The Hall–Kier alpha value is -2.66. The minimum Gasteiger partial charge on any atom is -0.358 e. The predicted molar refractivity (Wildman–Crippen MR) is 122 cm³/mol. The maximum atomic E-state index is 6.17. The van der Waals surface area contributed by atoms with E-state index in [0.29, 0.717) is 0 Å². The van der Waals surface area contributed by atoms with Crippen LogP contribution in [-0.4, -0.2) is 18.1 Å². The fraction of sp³-hybridized carbons (Fsp3) is 0.308. The van der Waals surface area contributed by atoms with Gasteiger partial charge in [-0.2, -0.15) is 0 Å². The van der Waals surface area contributed by atoms with Crippen LogP contribution in [0.25, 0.3) is 32.3 Å². The highest BCUT2D eigenvalue weighted by Crippen LogP contribution is 2.34. The molecular weight excluding hydrogens is 374 g/mol. The second kappa shape index (κ2) is 7.24. The average Bonchev–Trinajstić information content (AvgIpc) is 2.74. The third kappa shape index (κ3) is 3.31. The molecule has 5 rings (SSSR count). The van der Waals surface area contributed by atoms with Crippen molar-refractivity contribution in [2.45, 2.75) is 45.8 Å². The summed E-state index contributed by atoms with van der Waals surface area (Å²) in [6.07, 6.45) is -0.727. The lowest BCUT2D eigenvalue weighted by molar-refractivity contribution is -0.485. The molecule has 1 N–H and O–H groups in total. The SMILES string of the molecule is CC(C)C1OOC(C)(C)C(Nc2ccc3ccc4c5ccccc5ccc4c3c2)O1. The minimum atomic E-state index is -0.616. The Morgan fingerprint density at radius 1 is 0.800 bits per heavy atom. The average molecular weight is 402 g/mol. The van der Waals surface area contributed by atoms with Crippen molar-refractivity contribution in [3.8, 4) is 0 Å². The molecule has 0 radical (unpaired) electrons. The molecule has 30 heavy (non-hydrogen) atoms. The summed E-state index contributed by atoms with van der Waals surface area (Å²) in [5.41, 5.74) is 0.379. The quantitative estimate of drug-likeness (QED) is 0.309. The van der Waals surface area contributed by atoms with Gasteiger partial charge >= 0.3 is 0 Å². The molecule has 4 nitrogen and oxygen atoms in total. The number of hydrogen-bond donors (Lipinski definition) is 1. The molecule has 0 bridgehead atoms. The van der Waals surface area contributed by atoms with E-state index < -0.39 is 11.9 Å². The summed E-state index contributed by atoms with van der Waals surface area (Å²) in [4.78, 5) is 11.1. The Morgan fingerprint density at radius 2 is 1.47 bits per heavy atom. The normalized spacial score (nSPS) is 21.5. The topological polar surface area (TPSA) is 39.7 Å². The Bertz CT molecular complexity index is 1230. The summed E-state index contributed by atoms with van der Waals surface area (Å²) in [5.74, 6) is 0.194. The van der Waals surface area contributed by atoms with Gasteiger partial charge in [-0.1, -0.05) is 68.4 Å². The van der Waals surface area contributed by atoms with Crippen LogP contribution in [0, 0.1) is 5.92 Å². The number of nitrogens with one attached hydrogen (secondary N) is 1. The molecule has 4 heteroatoms. The summed E-state index contributed by atoms with van der Waals surface area (Å²) >= 11 is 0. The lowest BCUT2D eigenvalue weighted by atomic mass is 9.97. The van der Waals surface area contributed by atoms with E-state index in [0.717, 1.165) is 5.69 Å². The molecule has 4 aromatic carbocycles. The summed E-state index contributed by atoms with van der Waals surface area (Å²) < 4.78 is 6.17. The molecule has 0 aromatic heterocycles. The number of ether oxygens (including phenoxy) is 1. The molecule has 1 saturated heterocycles. The molecule has 154 valence electrons. The van der Waals surface area contributed by atoms with Crippen LogP contribution in [0.2, 0.25) is 0 Å². The fourth-order valence-corrected chi connectivity index (χ4v) is 4.07. The van der Waals surface area contributed by atoms with E-state index in [-0.39, 0.29) is 12.1 Å². The van der Waals surface area contributed by atoms with Gasteiger partial charge in [0.15, 0.2) is 12.5 Å². The maximum absolute atomic E-state index is 6.17. The first-order valence-corrected chi connectivity index (χ1v) is 10.5. The molecule has 0 aliphatic carbocycles. The highest BCUT2D eigenvalue weighted by molar-refractivity contribution is 6.17. The zero-order chi connectivity index (χ0) is 20.9. The van der Waals surface area contributed by atoms with Gasteiger partial charge in [0, 0.05) is 11.6 Å². The van der Waals surface area contributed by atoms with E-state index in [1.54, 1.807) is 0 Å². The molecule has 1 fully saturated rings. The first-order valence-electron chi connectivity index (χ1n) is 10.5. The van der Waals surface area contributed by atoms with E-state index in [4.69, 9.17) is 14.5 Å². The van der Waals surface area contributed by atoms with Crippen molar-refractivity contribution in [2.75, 3.05) is 5.32 Å². The van der Waals surface area contributed by atoms with Gasteiger partial charge in [0.05, 0.1) is 0 Å². The molecule has 4 aromatic rings. The van der Waals surface area contributed by atoms with Crippen molar-refractivity contribution in [2.24, 2.45) is 5.92 Å². The summed E-state index contributed by atoms with van der Waals surface area (Å²) in [6.45, 7) is 8.03. The number of anilines is 1. The molecule has 2 unspecified atom stereocenters. The third-order valence-corrected chi connectivity index (χ3v) is 5.85. The standard InChI is InChI=1S/C26H27NO3/c1-16(2)24-28-25(26(3,4)30-29-24)27-19-12-9-18-11-13-21-20-8-6-5-7-17(20)10-14-22(21)23(18)15-19/h5-16,24-25,27H,1-4H3. The van der Waals surface area contributed by atoms with Crippen LogP contribution in [0.4, 0.5) is 5.69 Å². The first kappa shape index (κ1) is 19.3. The summed E-state index contributed by atoms with van der Waals surface area (Å²) in [6, 6.07) is 23.8.